The number of carboxylic acid groups (broad SMARTS) is 1. The van der Waals surface area contributed by atoms with E-state index in [-0.39, 0.29) is 18.4 Å². The van der Waals surface area contributed by atoms with Gasteiger partial charge in [-0.05, 0) is 25.0 Å². The van der Waals surface area contributed by atoms with Crippen LogP contribution >= 0.6 is 0 Å². The largest absolute Gasteiger partial charge is 0.481 e. The molecule has 17 heavy (non-hydrogen) atoms. The molecule has 0 saturated heterocycles. The molecule has 0 bridgehead atoms. The molecule has 4 nitrogen and oxygen atoms in total. The van der Waals surface area contributed by atoms with Gasteiger partial charge < -0.3 is 10.0 Å². The van der Waals surface area contributed by atoms with Gasteiger partial charge in [0.05, 0.1) is 6.42 Å². The van der Waals surface area contributed by atoms with Gasteiger partial charge in [0.15, 0.2) is 0 Å². The molecule has 1 amide bonds. The molecule has 0 heterocycles. The number of nitrogens with zero attached hydrogens (tertiary/aromatic N) is 1. The lowest BCUT2D eigenvalue weighted by molar-refractivity contribution is -0.137. The van der Waals surface area contributed by atoms with Crippen LogP contribution in [0.2, 0.25) is 0 Å². The first-order valence-corrected chi connectivity index (χ1v) is 5.76. The molecule has 2 rings (SSSR count). The molecule has 0 unspecified atom stereocenters. The summed E-state index contributed by atoms with van der Waals surface area (Å²) < 4.78 is 0. The number of aliphatic carboxylic acids is 1. The van der Waals surface area contributed by atoms with Crippen LogP contribution < -0.4 is 0 Å². The molecule has 1 aliphatic carbocycles. The van der Waals surface area contributed by atoms with Gasteiger partial charge in [-0.3, -0.25) is 9.59 Å². The third kappa shape index (κ3) is 3.06. The highest BCUT2D eigenvalue weighted by Gasteiger charge is 2.32. The summed E-state index contributed by atoms with van der Waals surface area (Å²) in [4.78, 5) is 24.4. The quantitative estimate of drug-likeness (QED) is 0.843. The first-order chi connectivity index (χ1) is 8.18. The SMILES string of the molecule is O=C(O)CCN(C(=O)c1ccccc1)C1CC1. The van der Waals surface area contributed by atoms with Crippen molar-refractivity contribution in [2.45, 2.75) is 25.3 Å². The summed E-state index contributed by atoms with van der Waals surface area (Å²) in [5.74, 6) is -0.925. The summed E-state index contributed by atoms with van der Waals surface area (Å²) in [7, 11) is 0. The van der Waals surface area contributed by atoms with Crippen LogP contribution in [0.15, 0.2) is 30.3 Å². The van der Waals surface area contributed by atoms with Crippen LogP contribution in [0.4, 0.5) is 0 Å². The first kappa shape index (κ1) is 11.6. The molecule has 1 aliphatic rings. The van der Waals surface area contributed by atoms with E-state index < -0.39 is 5.97 Å². The van der Waals surface area contributed by atoms with Crippen LogP contribution in [0.25, 0.3) is 0 Å². The van der Waals surface area contributed by atoms with Crippen molar-refractivity contribution in [3.8, 4) is 0 Å². The molecule has 0 aromatic heterocycles. The van der Waals surface area contributed by atoms with E-state index >= 15 is 0 Å². The molecule has 0 atom stereocenters. The predicted octanol–water partition coefficient (Wildman–Crippen LogP) is 1.77. The smallest absolute Gasteiger partial charge is 0.305 e. The number of carboxylic acids is 1. The minimum Gasteiger partial charge on any atom is -0.481 e. The second kappa shape index (κ2) is 4.99. The van der Waals surface area contributed by atoms with Gasteiger partial charge in [-0.2, -0.15) is 0 Å². The van der Waals surface area contributed by atoms with E-state index in [1.54, 1.807) is 17.0 Å². The Kier molecular flexibility index (Phi) is 3.42. The molecular weight excluding hydrogens is 218 g/mol. The highest BCUT2D eigenvalue weighted by molar-refractivity contribution is 5.94. The van der Waals surface area contributed by atoms with Crippen LogP contribution in [0.3, 0.4) is 0 Å². The topological polar surface area (TPSA) is 57.6 Å². The molecule has 1 aromatic rings. The molecule has 1 fully saturated rings. The van der Waals surface area contributed by atoms with Gasteiger partial charge in [0.25, 0.3) is 5.91 Å². The van der Waals surface area contributed by atoms with Crippen molar-refractivity contribution >= 4 is 11.9 Å². The maximum Gasteiger partial charge on any atom is 0.305 e. The zero-order valence-corrected chi connectivity index (χ0v) is 9.50. The molecular formula is C13H15NO3. The molecule has 1 aromatic carbocycles. The van der Waals surface area contributed by atoms with Gasteiger partial charge in [-0.15, -0.1) is 0 Å². The number of carbonyl (C=O) groups is 2. The summed E-state index contributed by atoms with van der Waals surface area (Å²) in [6.45, 7) is 0.299. The Bertz CT molecular complexity index is 412. The maximum atomic E-state index is 12.2. The standard InChI is InChI=1S/C13H15NO3/c15-12(16)8-9-14(11-6-7-11)13(17)10-4-2-1-3-5-10/h1-5,11H,6-9H2,(H,15,16). The lowest BCUT2D eigenvalue weighted by Crippen LogP contribution is -2.34. The summed E-state index contributed by atoms with van der Waals surface area (Å²) in [6.07, 6.45) is 1.98. The van der Waals surface area contributed by atoms with Gasteiger partial charge in [0.1, 0.15) is 0 Å². The molecule has 1 N–H and O–H groups in total. The normalized spacial score (nSPS) is 14.4. The summed E-state index contributed by atoms with van der Waals surface area (Å²) >= 11 is 0. The third-order valence-electron chi connectivity index (χ3n) is 2.84. The van der Waals surface area contributed by atoms with Crippen molar-refractivity contribution in [3.05, 3.63) is 35.9 Å². The van der Waals surface area contributed by atoms with Gasteiger partial charge in [0, 0.05) is 18.2 Å². The van der Waals surface area contributed by atoms with Gasteiger partial charge >= 0.3 is 5.97 Å². The van der Waals surface area contributed by atoms with E-state index in [2.05, 4.69) is 0 Å². The Balaban J connectivity index is 2.05. The minimum atomic E-state index is -0.864. The van der Waals surface area contributed by atoms with E-state index in [1.807, 2.05) is 18.2 Å². The predicted molar refractivity (Wildman–Crippen MR) is 62.8 cm³/mol. The van der Waals surface area contributed by atoms with Crippen LogP contribution in [0.5, 0.6) is 0 Å². The number of carbonyl (C=O) groups excluding carboxylic acids is 1. The zero-order valence-electron chi connectivity index (χ0n) is 9.50. The summed E-state index contributed by atoms with van der Waals surface area (Å²) in [5.41, 5.74) is 0.629. The van der Waals surface area contributed by atoms with Crippen molar-refractivity contribution in [3.63, 3.8) is 0 Å². The average molecular weight is 233 g/mol. The highest BCUT2D eigenvalue weighted by Crippen LogP contribution is 2.28. The number of amides is 1. The minimum absolute atomic E-state index is 0.00900. The van der Waals surface area contributed by atoms with E-state index in [0.29, 0.717) is 12.1 Å². The Hall–Kier alpha value is -1.84. The second-order valence-electron chi connectivity index (χ2n) is 4.24. The molecule has 4 heteroatoms. The van der Waals surface area contributed by atoms with E-state index in [0.717, 1.165) is 12.8 Å². The van der Waals surface area contributed by atoms with Crippen LogP contribution in [-0.2, 0) is 4.79 Å². The second-order valence-corrected chi connectivity index (χ2v) is 4.24. The van der Waals surface area contributed by atoms with E-state index in [1.165, 1.54) is 0 Å². The maximum absolute atomic E-state index is 12.2. The van der Waals surface area contributed by atoms with Gasteiger partial charge in [-0.1, -0.05) is 18.2 Å². The van der Waals surface area contributed by atoms with Crippen LogP contribution in [-0.4, -0.2) is 34.5 Å². The van der Waals surface area contributed by atoms with Crippen molar-refractivity contribution < 1.29 is 14.7 Å². The van der Waals surface area contributed by atoms with Crippen LogP contribution in [0.1, 0.15) is 29.6 Å². The Morgan fingerprint density at radius 1 is 1.24 bits per heavy atom. The Morgan fingerprint density at radius 2 is 1.88 bits per heavy atom. The van der Waals surface area contributed by atoms with Crippen LogP contribution in [0, 0.1) is 0 Å². The van der Waals surface area contributed by atoms with E-state index in [9.17, 15) is 9.59 Å². The van der Waals surface area contributed by atoms with Crippen molar-refractivity contribution in [1.82, 2.24) is 4.90 Å². The molecule has 1 saturated carbocycles. The number of benzene rings is 1. The fourth-order valence-electron chi connectivity index (χ4n) is 1.80. The number of rotatable bonds is 5. The average Bonchev–Trinajstić information content (AvgIpc) is 3.14. The van der Waals surface area contributed by atoms with Crippen molar-refractivity contribution in [2.24, 2.45) is 0 Å². The molecule has 90 valence electrons. The third-order valence-corrected chi connectivity index (χ3v) is 2.84. The van der Waals surface area contributed by atoms with E-state index in [4.69, 9.17) is 5.11 Å². The Morgan fingerprint density at radius 3 is 2.41 bits per heavy atom. The lowest BCUT2D eigenvalue weighted by Gasteiger charge is -2.21. The summed E-state index contributed by atoms with van der Waals surface area (Å²) in [5, 5.41) is 8.68. The van der Waals surface area contributed by atoms with Gasteiger partial charge in [0.2, 0.25) is 0 Å². The van der Waals surface area contributed by atoms with Crippen molar-refractivity contribution in [1.29, 1.82) is 0 Å². The fourth-order valence-corrected chi connectivity index (χ4v) is 1.80. The number of hydrogen-bond acceptors (Lipinski definition) is 2. The zero-order chi connectivity index (χ0) is 12.3. The van der Waals surface area contributed by atoms with Gasteiger partial charge in [-0.25, -0.2) is 0 Å². The fraction of sp³-hybridized carbons (Fsp3) is 0.385. The summed E-state index contributed by atoms with van der Waals surface area (Å²) in [6, 6.07) is 9.25. The monoisotopic (exact) mass is 233 g/mol. The molecule has 0 aliphatic heterocycles. The molecule has 0 radical (unpaired) electrons. The molecule has 0 spiro atoms. The number of hydrogen-bond donors (Lipinski definition) is 1. The Labute approximate surface area is 99.9 Å². The lowest BCUT2D eigenvalue weighted by atomic mass is 10.2. The van der Waals surface area contributed by atoms with Crippen molar-refractivity contribution in [2.75, 3.05) is 6.54 Å². The first-order valence-electron chi connectivity index (χ1n) is 5.76. The highest BCUT2D eigenvalue weighted by atomic mass is 16.4.